The van der Waals surface area contributed by atoms with Gasteiger partial charge in [0.05, 0.1) is 6.54 Å². The van der Waals surface area contributed by atoms with Crippen molar-refractivity contribution in [1.82, 2.24) is 15.2 Å². The van der Waals surface area contributed by atoms with Crippen LogP contribution in [0.5, 0.6) is 0 Å². The van der Waals surface area contributed by atoms with E-state index in [2.05, 4.69) is 10.6 Å². The number of nitrogens with zero attached hydrogens (tertiary/aromatic N) is 1. The van der Waals surface area contributed by atoms with Crippen molar-refractivity contribution < 1.29 is 9.59 Å². The second-order valence-electron chi connectivity index (χ2n) is 3.86. The third kappa shape index (κ3) is 4.33. The Bertz CT molecular complexity index is 478. The van der Waals surface area contributed by atoms with Gasteiger partial charge in [0.2, 0.25) is 11.8 Å². The van der Waals surface area contributed by atoms with Crippen LogP contribution in [-0.4, -0.2) is 29.5 Å². The van der Waals surface area contributed by atoms with E-state index in [9.17, 15) is 14.4 Å². The third-order valence-electron chi connectivity index (χ3n) is 2.30. The monoisotopic (exact) mass is 271 g/mol. The Hall–Kier alpha value is -1.63. The van der Waals surface area contributed by atoms with E-state index in [0.717, 1.165) is 23.5 Å². The van der Waals surface area contributed by atoms with Crippen molar-refractivity contribution in [2.45, 2.75) is 26.8 Å². The van der Waals surface area contributed by atoms with Gasteiger partial charge in [0, 0.05) is 17.6 Å². The van der Waals surface area contributed by atoms with E-state index < -0.39 is 0 Å². The first kappa shape index (κ1) is 14.4. The average Bonchev–Trinajstić information content (AvgIpc) is 2.65. The Labute approximate surface area is 109 Å². The topological polar surface area (TPSA) is 80.2 Å². The van der Waals surface area contributed by atoms with Gasteiger partial charge in [-0.15, -0.1) is 0 Å². The summed E-state index contributed by atoms with van der Waals surface area (Å²) < 4.78 is 1.38. The largest absolute Gasteiger partial charge is 0.355 e. The molecule has 0 spiro atoms. The van der Waals surface area contributed by atoms with Gasteiger partial charge in [0.15, 0.2) is 0 Å². The molecule has 1 heterocycles. The molecular formula is C11H17N3O3S. The van der Waals surface area contributed by atoms with E-state index >= 15 is 0 Å². The summed E-state index contributed by atoms with van der Waals surface area (Å²) in [5.41, 5.74) is 0.746. The van der Waals surface area contributed by atoms with E-state index in [1.165, 1.54) is 4.57 Å². The van der Waals surface area contributed by atoms with Crippen LogP contribution >= 0.6 is 11.3 Å². The van der Waals surface area contributed by atoms with E-state index in [1.54, 1.807) is 12.3 Å². The van der Waals surface area contributed by atoms with Crippen LogP contribution in [-0.2, 0) is 16.1 Å². The molecule has 0 unspecified atom stereocenters. The highest BCUT2D eigenvalue weighted by atomic mass is 32.1. The summed E-state index contributed by atoms with van der Waals surface area (Å²) in [5, 5.41) is 6.83. The predicted octanol–water partition coefficient (Wildman–Crippen LogP) is -0.139. The normalized spacial score (nSPS) is 10.1. The molecule has 2 N–H and O–H groups in total. The third-order valence-corrected chi connectivity index (χ3v) is 3.18. The molecule has 1 rings (SSSR count). The summed E-state index contributed by atoms with van der Waals surface area (Å²) in [4.78, 5) is 34.0. The summed E-state index contributed by atoms with van der Waals surface area (Å²) in [5.74, 6) is -0.565. The number of carbonyl (C=O) groups excluding carboxylic acids is 2. The first-order valence-corrected chi connectivity index (χ1v) is 6.61. The van der Waals surface area contributed by atoms with Crippen LogP contribution in [0, 0.1) is 6.92 Å². The molecule has 2 amide bonds. The predicted molar refractivity (Wildman–Crippen MR) is 69.6 cm³/mol. The van der Waals surface area contributed by atoms with Crippen molar-refractivity contribution in [2.75, 3.05) is 13.1 Å². The first-order chi connectivity index (χ1) is 8.54. The summed E-state index contributed by atoms with van der Waals surface area (Å²) in [6.07, 6.45) is 0.850. The molecule has 0 aliphatic rings. The van der Waals surface area contributed by atoms with Crippen molar-refractivity contribution in [3.05, 3.63) is 20.7 Å². The number of nitrogens with one attached hydrogen (secondary N) is 2. The Kier molecular flexibility index (Phi) is 5.57. The van der Waals surface area contributed by atoms with Gasteiger partial charge >= 0.3 is 4.87 Å². The lowest BCUT2D eigenvalue weighted by Gasteiger charge is -2.07. The van der Waals surface area contributed by atoms with Gasteiger partial charge in [0.1, 0.15) is 6.54 Å². The molecule has 0 atom stereocenters. The van der Waals surface area contributed by atoms with Crippen molar-refractivity contribution in [3.8, 4) is 0 Å². The molecule has 6 nitrogen and oxygen atoms in total. The zero-order chi connectivity index (χ0) is 13.5. The molecule has 0 saturated carbocycles. The van der Waals surface area contributed by atoms with E-state index in [0.29, 0.717) is 6.54 Å². The molecule has 0 aromatic carbocycles. The summed E-state index contributed by atoms with van der Waals surface area (Å²) in [6.45, 7) is 4.20. The highest BCUT2D eigenvalue weighted by Gasteiger charge is 2.09. The van der Waals surface area contributed by atoms with E-state index in [1.807, 2.05) is 6.92 Å². The zero-order valence-corrected chi connectivity index (χ0v) is 11.3. The molecule has 0 radical (unpaired) electrons. The number of hydrogen-bond donors (Lipinski definition) is 2. The Morgan fingerprint density at radius 3 is 2.61 bits per heavy atom. The number of thiazole rings is 1. The Balaban J connectivity index is 2.39. The molecule has 0 bridgehead atoms. The molecule has 0 aliphatic carbocycles. The molecule has 0 saturated heterocycles. The van der Waals surface area contributed by atoms with Crippen molar-refractivity contribution in [2.24, 2.45) is 0 Å². The number of amides is 2. The van der Waals surface area contributed by atoms with Crippen molar-refractivity contribution in [1.29, 1.82) is 0 Å². The van der Waals surface area contributed by atoms with Crippen LogP contribution in [0.15, 0.2) is 10.2 Å². The zero-order valence-electron chi connectivity index (χ0n) is 10.5. The summed E-state index contributed by atoms with van der Waals surface area (Å²) >= 11 is 1.06. The number of rotatable bonds is 6. The van der Waals surface area contributed by atoms with Gasteiger partial charge in [-0.05, 0) is 13.3 Å². The molecule has 18 heavy (non-hydrogen) atoms. The van der Waals surface area contributed by atoms with Crippen LogP contribution in [0.4, 0.5) is 0 Å². The smallest absolute Gasteiger partial charge is 0.307 e. The number of hydrogen-bond acceptors (Lipinski definition) is 4. The molecule has 0 aliphatic heterocycles. The fourth-order valence-electron chi connectivity index (χ4n) is 1.30. The van der Waals surface area contributed by atoms with Crippen LogP contribution in [0.25, 0.3) is 0 Å². The highest BCUT2D eigenvalue weighted by Crippen LogP contribution is 1.98. The quantitative estimate of drug-likeness (QED) is 0.756. The van der Waals surface area contributed by atoms with Gasteiger partial charge in [-0.3, -0.25) is 19.0 Å². The van der Waals surface area contributed by atoms with Crippen LogP contribution < -0.4 is 15.5 Å². The molecule has 7 heteroatoms. The van der Waals surface area contributed by atoms with E-state index in [-0.39, 0.29) is 29.8 Å². The van der Waals surface area contributed by atoms with E-state index in [4.69, 9.17) is 0 Å². The maximum atomic E-state index is 11.5. The lowest BCUT2D eigenvalue weighted by molar-refractivity contribution is -0.126. The minimum absolute atomic E-state index is 0.0464. The molecule has 100 valence electrons. The second-order valence-corrected chi connectivity index (χ2v) is 4.68. The van der Waals surface area contributed by atoms with Crippen LogP contribution in [0.2, 0.25) is 0 Å². The van der Waals surface area contributed by atoms with Gasteiger partial charge in [-0.25, -0.2) is 0 Å². The van der Waals surface area contributed by atoms with Gasteiger partial charge < -0.3 is 10.6 Å². The molecule has 1 aromatic heterocycles. The standard InChI is InChI=1S/C11H17N3O3S/c1-3-4-12-9(15)5-13-10(16)6-14-8(2)7-18-11(14)17/h7H,3-6H2,1-2H3,(H,12,15)(H,13,16). The maximum Gasteiger partial charge on any atom is 0.307 e. The van der Waals surface area contributed by atoms with Gasteiger partial charge in [-0.1, -0.05) is 18.3 Å². The van der Waals surface area contributed by atoms with Gasteiger partial charge in [-0.2, -0.15) is 0 Å². The lowest BCUT2D eigenvalue weighted by Crippen LogP contribution is -2.39. The number of carbonyl (C=O) groups is 2. The van der Waals surface area contributed by atoms with Crippen LogP contribution in [0.1, 0.15) is 19.0 Å². The van der Waals surface area contributed by atoms with Crippen molar-refractivity contribution >= 4 is 23.2 Å². The first-order valence-electron chi connectivity index (χ1n) is 5.73. The fraction of sp³-hybridized carbons (Fsp3) is 0.545. The Morgan fingerprint density at radius 1 is 1.33 bits per heavy atom. The average molecular weight is 271 g/mol. The van der Waals surface area contributed by atoms with Crippen LogP contribution in [0.3, 0.4) is 0 Å². The minimum atomic E-state index is -0.342. The molecule has 1 aromatic rings. The minimum Gasteiger partial charge on any atom is -0.355 e. The van der Waals surface area contributed by atoms with Gasteiger partial charge in [0.25, 0.3) is 0 Å². The maximum absolute atomic E-state index is 11.5. The molecular weight excluding hydrogens is 254 g/mol. The number of aromatic nitrogens is 1. The Morgan fingerprint density at radius 2 is 2.06 bits per heavy atom. The second kappa shape index (κ2) is 6.95. The summed E-state index contributed by atoms with van der Waals surface area (Å²) in [7, 11) is 0. The molecule has 0 fully saturated rings. The SMILES string of the molecule is CCCNC(=O)CNC(=O)Cn1c(C)csc1=O. The fourth-order valence-corrected chi connectivity index (χ4v) is 2.04. The van der Waals surface area contributed by atoms with Crippen molar-refractivity contribution in [3.63, 3.8) is 0 Å². The summed E-state index contributed by atoms with van der Waals surface area (Å²) in [6, 6.07) is 0. The highest BCUT2D eigenvalue weighted by molar-refractivity contribution is 7.07. The lowest BCUT2D eigenvalue weighted by atomic mass is 10.4. The number of aryl methyl sites for hydroxylation is 1.